The van der Waals surface area contributed by atoms with Crippen LogP contribution in [0.2, 0.25) is 0 Å². The van der Waals surface area contributed by atoms with Crippen molar-refractivity contribution in [2.75, 3.05) is 6.61 Å². The highest BCUT2D eigenvalue weighted by molar-refractivity contribution is 4.55. The van der Waals surface area contributed by atoms with E-state index in [1.807, 2.05) is 0 Å². The average molecular weight is 230 g/mol. The van der Waals surface area contributed by atoms with Crippen molar-refractivity contribution < 1.29 is 10.2 Å². The van der Waals surface area contributed by atoms with Gasteiger partial charge < -0.3 is 10.2 Å². The highest BCUT2D eigenvalue weighted by atomic mass is 16.3. The lowest BCUT2D eigenvalue weighted by Crippen LogP contribution is -2.08. The van der Waals surface area contributed by atoms with Gasteiger partial charge in [0.2, 0.25) is 0 Å². The Morgan fingerprint density at radius 2 is 1.25 bits per heavy atom. The summed E-state index contributed by atoms with van der Waals surface area (Å²) in [5, 5.41) is 18.0. The molecule has 1 atom stereocenters. The molecule has 0 amide bonds. The molecule has 0 aliphatic heterocycles. The Kier molecular flexibility index (Phi) is 12.9. The molecule has 0 aromatic carbocycles. The summed E-state index contributed by atoms with van der Waals surface area (Å²) in [6.45, 7) is 2.36. The second-order valence-corrected chi connectivity index (χ2v) is 4.78. The number of aliphatic hydroxyl groups is 2. The van der Waals surface area contributed by atoms with Gasteiger partial charge in [-0.05, 0) is 12.8 Å². The zero-order valence-corrected chi connectivity index (χ0v) is 11.0. The summed E-state index contributed by atoms with van der Waals surface area (Å²) in [7, 11) is 0. The van der Waals surface area contributed by atoms with Crippen LogP contribution in [0.4, 0.5) is 0 Å². The zero-order chi connectivity index (χ0) is 12.1. The van der Waals surface area contributed by atoms with Gasteiger partial charge in [0.15, 0.2) is 0 Å². The van der Waals surface area contributed by atoms with Crippen molar-refractivity contribution in [2.24, 2.45) is 0 Å². The number of hydrogen-bond acceptors (Lipinski definition) is 2. The fourth-order valence-corrected chi connectivity index (χ4v) is 1.98. The number of aliphatic hydroxyl groups excluding tert-OH is 2. The first kappa shape index (κ1) is 15.9. The molecule has 0 spiro atoms. The molecule has 0 aromatic rings. The summed E-state index contributed by atoms with van der Waals surface area (Å²) in [4.78, 5) is 0. The molecule has 0 aliphatic rings. The summed E-state index contributed by atoms with van der Waals surface area (Å²) >= 11 is 0. The quantitative estimate of drug-likeness (QED) is 0.502. The molecule has 1 unspecified atom stereocenters. The van der Waals surface area contributed by atoms with Gasteiger partial charge in [-0.3, -0.25) is 0 Å². The van der Waals surface area contributed by atoms with E-state index in [0.717, 1.165) is 12.8 Å². The third kappa shape index (κ3) is 12.0. The van der Waals surface area contributed by atoms with Crippen LogP contribution >= 0.6 is 0 Å². The number of rotatable bonds is 12. The van der Waals surface area contributed by atoms with E-state index in [-0.39, 0.29) is 12.7 Å². The van der Waals surface area contributed by atoms with Gasteiger partial charge in [-0.25, -0.2) is 0 Å². The molecule has 16 heavy (non-hydrogen) atoms. The molecule has 0 saturated heterocycles. The van der Waals surface area contributed by atoms with Crippen LogP contribution in [-0.2, 0) is 0 Å². The van der Waals surface area contributed by atoms with E-state index in [0.29, 0.717) is 6.42 Å². The predicted molar refractivity (Wildman–Crippen MR) is 69.6 cm³/mol. The van der Waals surface area contributed by atoms with E-state index in [4.69, 9.17) is 5.11 Å². The SMILES string of the molecule is CCCCCCCCCCCC(O)CCO. The fraction of sp³-hybridized carbons (Fsp3) is 1.00. The highest BCUT2D eigenvalue weighted by Gasteiger charge is 2.01. The van der Waals surface area contributed by atoms with Gasteiger partial charge in [-0.1, -0.05) is 64.7 Å². The summed E-state index contributed by atoms with van der Waals surface area (Å²) in [6, 6.07) is 0. The molecule has 0 bridgehead atoms. The zero-order valence-electron chi connectivity index (χ0n) is 11.0. The third-order valence-electron chi connectivity index (χ3n) is 3.10. The molecule has 2 heteroatoms. The first-order valence-electron chi connectivity index (χ1n) is 7.10. The van der Waals surface area contributed by atoms with E-state index in [1.54, 1.807) is 0 Å². The van der Waals surface area contributed by atoms with Crippen molar-refractivity contribution in [3.05, 3.63) is 0 Å². The lowest BCUT2D eigenvalue weighted by molar-refractivity contribution is 0.122. The standard InChI is InChI=1S/C14H30O2/c1-2-3-4-5-6-7-8-9-10-11-14(16)12-13-15/h14-16H,2-13H2,1H3. The predicted octanol–water partition coefficient (Wildman–Crippen LogP) is 3.65. The summed E-state index contributed by atoms with van der Waals surface area (Å²) in [6.07, 6.45) is 13.0. The van der Waals surface area contributed by atoms with Crippen LogP contribution in [0.1, 0.15) is 77.6 Å². The van der Waals surface area contributed by atoms with E-state index in [9.17, 15) is 5.11 Å². The van der Waals surface area contributed by atoms with Gasteiger partial charge in [0.05, 0.1) is 6.10 Å². The maximum Gasteiger partial charge on any atom is 0.0562 e. The summed E-state index contributed by atoms with van der Waals surface area (Å²) in [5.41, 5.74) is 0. The molecular formula is C14H30O2. The lowest BCUT2D eigenvalue weighted by atomic mass is 10.0. The Bertz CT molecular complexity index is 126. The van der Waals surface area contributed by atoms with E-state index in [1.165, 1.54) is 51.4 Å². The second-order valence-electron chi connectivity index (χ2n) is 4.78. The molecule has 0 heterocycles. The Balaban J connectivity index is 2.98. The maximum atomic E-state index is 9.39. The van der Waals surface area contributed by atoms with Gasteiger partial charge in [0.25, 0.3) is 0 Å². The van der Waals surface area contributed by atoms with Crippen molar-refractivity contribution in [3.63, 3.8) is 0 Å². The first-order chi connectivity index (χ1) is 7.81. The molecule has 0 aromatic heterocycles. The van der Waals surface area contributed by atoms with E-state index in [2.05, 4.69) is 6.92 Å². The molecule has 98 valence electrons. The van der Waals surface area contributed by atoms with Crippen LogP contribution in [0.15, 0.2) is 0 Å². The summed E-state index contributed by atoms with van der Waals surface area (Å²) in [5.74, 6) is 0. The van der Waals surface area contributed by atoms with E-state index >= 15 is 0 Å². The van der Waals surface area contributed by atoms with Crippen molar-refractivity contribution >= 4 is 0 Å². The van der Waals surface area contributed by atoms with Crippen LogP contribution in [0, 0.1) is 0 Å². The minimum atomic E-state index is -0.283. The van der Waals surface area contributed by atoms with Gasteiger partial charge in [0, 0.05) is 6.61 Å². The van der Waals surface area contributed by atoms with Crippen LogP contribution in [0.5, 0.6) is 0 Å². The van der Waals surface area contributed by atoms with Gasteiger partial charge in [-0.15, -0.1) is 0 Å². The van der Waals surface area contributed by atoms with Gasteiger partial charge in [0.1, 0.15) is 0 Å². The summed E-state index contributed by atoms with van der Waals surface area (Å²) < 4.78 is 0. The minimum absolute atomic E-state index is 0.110. The van der Waals surface area contributed by atoms with Crippen molar-refractivity contribution in [3.8, 4) is 0 Å². The van der Waals surface area contributed by atoms with Crippen molar-refractivity contribution in [2.45, 2.75) is 83.7 Å². The highest BCUT2D eigenvalue weighted by Crippen LogP contribution is 2.11. The molecule has 2 nitrogen and oxygen atoms in total. The monoisotopic (exact) mass is 230 g/mol. The molecule has 2 N–H and O–H groups in total. The molecule has 0 aliphatic carbocycles. The smallest absolute Gasteiger partial charge is 0.0562 e. The largest absolute Gasteiger partial charge is 0.396 e. The Morgan fingerprint density at radius 3 is 1.75 bits per heavy atom. The third-order valence-corrected chi connectivity index (χ3v) is 3.10. The molecule has 0 rings (SSSR count). The van der Waals surface area contributed by atoms with Crippen LogP contribution in [-0.4, -0.2) is 22.9 Å². The molecule has 0 fully saturated rings. The van der Waals surface area contributed by atoms with Gasteiger partial charge >= 0.3 is 0 Å². The van der Waals surface area contributed by atoms with Crippen LogP contribution in [0.3, 0.4) is 0 Å². The maximum absolute atomic E-state index is 9.39. The first-order valence-corrected chi connectivity index (χ1v) is 7.10. The van der Waals surface area contributed by atoms with Crippen molar-refractivity contribution in [1.29, 1.82) is 0 Å². The van der Waals surface area contributed by atoms with Crippen LogP contribution in [0.25, 0.3) is 0 Å². The Morgan fingerprint density at radius 1 is 0.750 bits per heavy atom. The van der Waals surface area contributed by atoms with Gasteiger partial charge in [-0.2, -0.15) is 0 Å². The average Bonchev–Trinajstić information content (AvgIpc) is 2.27. The molecular weight excluding hydrogens is 200 g/mol. The lowest BCUT2D eigenvalue weighted by Gasteiger charge is -2.07. The van der Waals surface area contributed by atoms with E-state index < -0.39 is 0 Å². The van der Waals surface area contributed by atoms with Crippen LogP contribution < -0.4 is 0 Å². The topological polar surface area (TPSA) is 40.5 Å². The normalized spacial score (nSPS) is 12.9. The molecule has 0 radical (unpaired) electrons. The molecule has 0 saturated carbocycles. The second kappa shape index (κ2) is 13.0. The fourth-order valence-electron chi connectivity index (χ4n) is 1.98. The Hall–Kier alpha value is -0.0800. The Labute approximate surface area is 101 Å². The number of hydrogen-bond donors (Lipinski definition) is 2. The minimum Gasteiger partial charge on any atom is -0.396 e. The van der Waals surface area contributed by atoms with Crippen molar-refractivity contribution in [1.82, 2.24) is 0 Å². The number of unbranched alkanes of at least 4 members (excludes halogenated alkanes) is 8.